The molecule has 1 saturated carbocycles. The quantitative estimate of drug-likeness (QED) is 0.817. The van der Waals surface area contributed by atoms with Gasteiger partial charge in [-0.2, -0.15) is 0 Å². The fourth-order valence-electron chi connectivity index (χ4n) is 4.46. The summed E-state index contributed by atoms with van der Waals surface area (Å²) >= 11 is 0. The number of hydrogen-bond acceptors (Lipinski definition) is 3. The van der Waals surface area contributed by atoms with E-state index in [0.29, 0.717) is 12.0 Å². The van der Waals surface area contributed by atoms with Crippen molar-refractivity contribution in [3.8, 4) is 0 Å². The molecule has 18 heavy (non-hydrogen) atoms. The summed E-state index contributed by atoms with van der Waals surface area (Å²) in [6, 6.07) is 0. The maximum Gasteiger partial charge on any atom is 0.0691 e. The van der Waals surface area contributed by atoms with Gasteiger partial charge >= 0.3 is 0 Å². The van der Waals surface area contributed by atoms with Gasteiger partial charge in [-0.05, 0) is 32.4 Å². The highest BCUT2D eigenvalue weighted by molar-refractivity contribution is 5.21. The zero-order valence-corrected chi connectivity index (χ0v) is 12.0. The van der Waals surface area contributed by atoms with Crippen LogP contribution < -0.4 is 5.73 Å². The van der Waals surface area contributed by atoms with Gasteiger partial charge in [0, 0.05) is 30.0 Å². The van der Waals surface area contributed by atoms with E-state index >= 15 is 0 Å². The van der Waals surface area contributed by atoms with Crippen molar-refractivity contribution in [2.45, 2.75) is 57.6 Å². The molecule has 0 amide bonds. The van der Waals surface area contributed by atoms with Crippen molar-refractivity contribution in [2.24, 2.45) is 17.1 Å². The van der Waals surface area contributed by atoms with Crippen molar-refractivity contribution in [3.63, 3.8) is 0 Å². The Morgan fingerprint density at radius 2 is 1.83 bits per heavy atom. The van der Waals surface area contributed by atoms with Gasteiger partial charge in [0.2, 0.25) is 0 Å². The van der Waals surface area contributed by atoms with E-state index in [-0.39, 0.29) is 11.0 Å². The molecule has 1 aliphatic carbocycles. The topological polar surface area (TPSA) is 38.5 Å². The minimum Gasteiger partial charge on any atom is -0.377 e. The van der Waals surface area contributed by atoms with Crippen molar-refractivity contribution in [1.82, 2.24) is 4.90 Å². The molecule has 0 radical (unpaired) electrons. The third-order valence-corrected chi connectivity index (χ3v) is 5.85. The van der Waals surface area contributed by atoms with E-state index in [9.17, 15) is 0 Å². The fourth-order valence-corrected chi connectivity index (χ4v) is 4.46. The second kappa shape index (κ2) is 4.46. The molecule has 3 aliphatic rings. The molecule has 3 atom stereocenters. The standard InChI is InChI=1S/C15H28N2O/c1-14(2)13-12(7-10-18-13)15(14,16)11-17-8-5-3-4-6-9-17/h12-13H,3-11,16H2,1-2H3. The number of likely N-dealkylation sites (tertiary alicyclic amines) is 1. The number of rotatable bonds is 2. The molecule has 2 N–H and O–H groups in total. The predicted molar refractivity (Wildman–Crippen MR) is 73.5 cm³/mol. The molecule has 3 rings (SSSR count). The Hall–Kier alpha value is -0.120. The molecule has 0 spiro atoms. The first-order chi connectivity index (χ1) is 8.56. The van der Waals surface area contributed by atoms with Crippen LogP contribution in [0.2, 0.25) is 0 Å². The van der Waals surface area contributed by atoms with Crippen LogP contribution in [0.3, 0.4) is 0 Å². The van der Waals surface area contributed by atoms with Gasteiger partial charge in [0.1, 0.15) is 0 Å². The maximum atomic E-state index is 6.83. The first-order valence-electron chi connectivity index (χ1n) is 7.68. The minimum absolute atomic E-state index is 0.0293. The zero-order chi connectivity index (χ0) is 12.8. The third kappa shape index (κ3) is 1.75. The van der Waals surface area contributed by atoms with Gasteiger partial charge in [-0.3, -0.25) is 0 Å². The van der Waals surface area contributed by atoms with Crippen LogP contribution in [-0.2, 0) is 4.74 Å². The van der Waals surface area contributed by atoms with Gasteiger partial charge in [0.15, 0.2) is 0 Å². The lowest BCUT2D eigenvalue weighted by Crippen LogP contribution is -2.78. The van der Waals surface area contributed by atoms with Crippen molar-refractivity contribution in [1.29, 1.82) is 0 Å². The molecule has 2 saturated heterocycles. The van der Waals surface area contributed by atoms with Crippen LogP contribution >= 0.6 is 0 Å². The number of fused-ring (bicyclic) bond motifs is 1. The van der Waals surface area contributed by atoms with Crippen LogP contribution in [0.5, 0.6) is 0 Å². The molecule has 104 valence electrons. The summed E-state index contributed by atoms with van der Waals surface area (Å²) in [6.45, 7) is 9.08. The van der Waals surface area contributed by atoms with Gasteiger partial charge in [-0.1, -0.05) is 26.7 Å². The summed E-state index contributed by atoms with van der Waals surface area (Å²) in [5.41, 5.74) is 6.94. The molecule has 0 bridgehead atoms. The van der Waals surface area contributed by atoms with E-state index in [1.807, 2.05) is 0 Å². The molecule has 3 nitrogen and oxygen atoms in total. The van der Waals surface area contributed by atoms with E-state index in [4.69, 9.17) is 10.5 Å². The average molecular weight is 252 g/mol. The van der Waals surface area contributed by atoms with Gasteiger partial charge in [-0.25, -0.2) is 0 Å². The zero-order valence-electron chi connectivity index (χ0n) is 12.0. The van der Waals surface area contributed by atoms with Crippen molar-refractivity contribution >= 4 is 0 Å². The fraction of sp³-hybridized carbons (Fsp3) is 1.00. The Kier molecular flexibility index (Phi) is 3.20. The van der Waals surface area contributed by atoms with Gasteiger partial charge < -0.3 is 15.4 Å². The molecule has 3 heteroatoms. The Morgan fingerprint density at radius 1 is 1.17 bits per heavy atom. The van der Waals surface area contributed by atoms with Crippen LogP contribution in [0, 0.1) is 11.3 Å². The summed E-state index contributed by atoms with van der Waals surface area (Å²) < 4.78 is 5.88. The lowest BCUT2D eigenvalue weighted by molar-refractivity contribution is -0.163. The van der Waals surface area contributed by atoms with Gasteiger partial charge in [-0.15, -0.1) is 0 Å². The van der Waals surface area contributed by atoms with Crippen molar-refractivity contribution in [2.75, 3.05) is 26.2 Å². The number of nitrogens with zero attached hydrogens (tertiary/aromatic N) is 1. The average Bonchev–Trinajstić information content (AvgIpc) is 2.68. The summed E-state index contributed by atoms with van der Waals surface area (Å²) in [6.07, 6.45) is 7.06. The number of hydrogen-bond donors (Lipinski definition) is 1. The lowest BCUT2D eigenvalue weighted by Gasteiger charge is -2.63. The lowest BCUT2D eigenvalue weighted by atomic mass is 9.48. The Bertz CT molecular complexity index is 310. The highest BCUT2D eigenvalue weighted by Crippen LogP contribution is 2.58. The van der Waals surface area contributed by atoms with Crippen LogP contribution in [0.25, 0.3) is 0 Å². The normalized spacial score (nSPS) is 44.2. The van der Waals surface area contributed by atoms with Crippen LogP contribution in [-0.4, -0.2) is 42.8 Å². The molecule has 2 aliphatic heterocycles. The Balaban J connectivity index is 1.70. The molecular weight excluding hydrogens is 224 g/mol. The van der Waals surface area contributed by atoms with E-state index in [1.165, 1.54) is 45.2 Å². The number of nitrogens with two attached hydrogens (primary N) is 1. The predicted octanol–water partition coefficient (Wildman–Crippen LogP) is 2.00. The first-order valence-corrected chi connectivity index (χ1v) is 7.68. The van der Waals surface area contributed by atoms with E-state index in [1.54, 1.807) is 0 Å². The molecular formula is C15H28N2O. The summed E-state index contributed by atoms with van der Waals surface area (Å²) in [4.78, 5) is 2.61. The van der Waals surface area contributed by atoms with Crippen LogP contribution in [0.4, 0.5) is 0 Å². The maximum absolute atomic E-state index is 6.83. The van der Waals surface area contributed by atoms with E-state index < -0.39 is 0 Å². The Morgan fingerprint density at radius 3 is 2.50 bits per heavy atom. The Labute approximate surface area is 111 Å². The molecule has 0 aromatic rings. The smallest absolute Gasteiger partial charge is 0.0691 e. The molecule has 0 aromatic carbocycles. The molecule has 2 heterocycles. The first kappa shape index (κ1) is 12.9. The van der Waals surface area contributed by atoms with Crippen molar-refractivity contribution < 1.29 is 4.74 Å². The summed E-state index contributed by atoms with van der Waals surface area (Å²) in [5, 5.41) is 0. The van der Waals surface area contributed by atoms with Crippen LogP contribution in [0.15, 0.2) is 0 Å². The monoisotopic (exact) mass is 252 g/mol. The minimum atomic E-state index is -0.0293. The van der Waals surface area contributed by atoms with Crippen LogP contribution in [0.1, 0.15) is 46.0 Å². The molecule has 3 fully saturated rings. The molecule has 3 unspecified atom stereocenters. The SMILES string of the molecule is CC1(C)C2OCCC2C1(N)CN1CCCCCC1. The van der Waals surface area contributed by atoms with E-state index in [0.717, 1.165) is 13.2 Å². The van der Waals surface area contributed by atoms with Crippen molar-refractivity contribution in [3.05, 3.63) is 0 Å². The number of ether oxygens (including phenoxy) is 1. The summed E-state index contributed by atoms with van der Waals surface area (Å²) in [7, 11) is 0. The largest absolute Gasteiger partial charge is 0.377 e. The molecule has 0 aromatic heterocycles. The second-order valence-corrected chi connectivity index (χ2v) is 7.14. The second-order valence-electron chi connectivity index (χ2n) is 7.14. The highest BCUT2D eigenvalue weighted by atomic mass is 16.5. The van der Waals surface area contributed by atoms with Gasteiger partial charge in [0.25, 0.3) is 0 Å². The third-order valence-electron chi connectivity index (χ3n) is 5.85. The highest BCUT2D eigenvalue weighted by Gasteiger charge is 2.67. The summed E-state index contributed by atoms with van der Waals surface area (Å²) in [5.74, 6) is 0.593. The van der Waals surface area contributed by atoms with E-state index in [2.05, 4.69) is 18.7 Å². The van der Waals surface area contributed by atoms with Gasteiger partial charge in [0.05, 0.1) is 6.10 Å².